The number of carbonyl (C=O) groups is 2. The van der Waals surface area contributed by atoms with Gasteiger partial charge >= 0.3 is 0 Å². The highest BCUT2D eigenvalue weighted by Crippen LogP contribution is 2.48. The molecule has 1 saturated heterocycles. The van der Waals surface area contributed by atoms with Gasteiger partial charge in [-0.05, 0) is 47.9 Å². The van der Waals surface area contributed by atoms with Crippen LogP contribution in [0.3, 0.4) is 0 Å². The van der Waals surface area contributed by atoms with Crippen LogP contribution < -0.4 is 9.64 Å². The second-order valence-corrected chi connectivity index (χ2v) is 10.5. The highest BCUT2D eigenvalue weighted by molar-refractivity contribution is 7.15. The summed E-state index contributed by atoms with van der Waals surface area (Å²) in [4.78, 5) is 33.3. The van der Waals surface area contributed by atoms with Gasteiger partial charge in [-0.25, -0.2) is 4.98 Å². The molecule has 0 saturated carbocycles. The summed E-state index contributed by atoms with van der Waals surface area (Å²) in [5.41, 5.74) is 2.28. The number of likely N-dealkylation sites (tertiary alicyclic amines) is 1. The van der Waals surface area contributed by atoms with E-state index in [1.54, 1.807) is 19.2 Å². The zero-order valence-electron chi connectivity index (χ0n) is 18.7. The average molecular weight is 498 g/mol. The Morgan fingerprint density at radius 1 is 1.21 bits per heavy atom. The smallest absolute Gasteiger partial charge is 0.233 e. The number of ether oxygens (including phenoxy) is 1. The molecule has 0 bridgehead atoms. The molecule has 3 heterocycles. The number of thiazole rings is 1. The van der Waals surface area contributed by atoms with E-state index in [1.165, 1.54) is 11.3 Å². The minimum Gasteiger partial charge on any atom is -0.457 e. The molecular weight excluding hydrogens is 474 g/mol. The van der Waals surface area contributed by atoms with Gasteiger partial charge in [0.25, 0.3) is 0 Å². The normalized spacial score (nSPS) is 19.0. The summed E-state index contributed by atoms with van der Waals surface area (Å²) in [5.74, 6) is 1.27. The summed E-state index contributed by atoms with van der Waals surface area (Å²) in [6, 6.07) is 13.1. The third kappa shape index (κ3) is 4.29. The maximum Gasteiger partial charge on any atom is 0.233 e. The molecule has 34 heavy (non-hydrogen) atoms. The van der Waals surface area contributed by atoms with Crippen LogP contribution in [-0.4, -0.2) is 46.4 Å². The van der Waals surface area contributed by atoms with Gasteiger partial charge in [-0.3, -0.25) is 9.59 Å². The molecule has 2 aliphatic heterocycles. The lowest BCUT2D eigenvalue weighted by Crippen LogP contribution is -2.40. The number of amides is 2. The Morgan fingerprint density at radius 3 is 2.74 bits per heavy atom. The summed E-state index contributed by atoms with van der Waals surface area (Å²) in [5, 5.41) is 10.1. The first-order chi connectivity index (χ1) is 16.4. The summed E-state index contributed by atoms with van der Waals surface area (Å²) < 4.78 is 6.66. The molecule has 9 heteroatoms. The van der Waals surface area contributed by atoms with Crippen molar-refractivity contribution in [3.63, 3.8) is 0 Å². The minimum atomic E-state index is -0.344. The van der Waals surface area contributed by atoms with E-state index in [2.05, 4.69) is 4.98 Å². The van der Waals surface area contributed by atoms with Crippen molar-refractivity contribution in [1.29, 1.82) is 0 Å². The molecule has 2 aliphatic rings. The van der Waals surface area contributed by atoms with Gasteiger partial charge in [0.1, 0.15) is 20.8 Å². The summed E-state index contributed by atoms with van der Waals surface area (Å²) in [7, 11) is 0. The number of rotatable bonds is 5. The molecule has 0 radical (unpaired) electrons. The van der Waals surface area contributed by atoms with Crippen molar-refractivity contribution in [2.75, 3.05) is 24.5 Å². The van der Waals surface area contributed by atoms with Gasteiger partial charge in [0.05, 0.1) is 19.2 Å². The van der Waals surface area contributed by atoms with Crippen molar-refractivity contribution in [3.05, 3.63) is 69.1 Å². The van der Waals surface area contributed by atoms with E-state index in [4.69, 9.17) is 16.3 Å². The Bertz CT molecular complexity index is 1260. The number of hydrogen-bond donors (Lipinski definition) is 1. The number of aliphatic hydroxyl groups is 1. The van der Waals surface area contributed by atoms with Crippen LogP contribution >= 0.6 is 22.9 Å². The zero-order chi connectivity index (χ0) is 23.9. The Hall–Kier alpha value is -2.94. The first kappa shape index (κ1) is 22.8. The van der Waals surface area contributed by atoms with Crippen LogP contribution in [0, 0.1) is 0 Å². The molecule has 1 spiro atoms. The molecule has 1 atom stereocenters. The first-order valence-electron chi connectivity index (χ1n) is 11.1. The Balaban J connectivity index is 1.47. The van der Waals surface area contributed by atoms with Gasteiger partial charge in [0, 0.05) is 37.7 Å². The highest BCUT2D eigenvalue weighted by atomic mass is 35.5. The maximum atomic E-state index is 13.3. The van der Waals surface area contributed by atoms with Crippen LogP contribution in [0.2, 0.25) is 4.34 Å². The van der Waals surface area contributed by atoms with Crippen molar-refractivity contribution in [1.82, 2.24) is 9.88 Å². The molecule has 7 nitrogen and oxygen atoms in total. The lowest BCUT2D eigenvalue weighted by atomic mass is 9.81. The molecular formula is C25H24ClN3O4S. The maximum absolute atomic E-state index is 13.3. The molecule has 5 rings (SSSR count). The Morgan fingerprint density at radius 2 is 2.03 bits per heavy atom. The standard InChI is InChI=1S/C25H24ClN3O4S/c1-16(31)28-8-7-25(14-28)15-29(24(32)11-23-27-12-22(26)34-23)21-6-5-19(10-20(21)25)33-18-4-2-3-17(9-18)13-30/h2-6,9-10,12,30H,7-8,11,13-15H2,1H3. The molecule has 2 aromatic carbocycles. The van der Waals surface area contributed by atoms with E-state index in [0.717, 1.165) is 23.2 Å². The van der Waals surface area contributed by atoms with Gasteiger partial charge in [-0.15, -0.1) is 11.3 Å². The minimum absolute atomic E-state index is 0.0360. The largest absolute Gasteiger partial charge is 0.457 e. The van der Waals surface area contributed by atoms with Gasteiger partial charge in [-0.1, -0.05) is 23.7 Å². The van der Waals surface area contributed by atoms with Gasteiger partial charge < -0.3 is 19.6 Å². The predicted octanol–water partition coefficient (Wildman–Crippen LogP) is 4.16. The molecule has 3 aromatic rings. The second kappa shape index (κ2) is 9.02. The van der Waals surface area contributed by atoms with Crippen LogP contribution in [0.1, 0.15) is 29.5 Å². The second-order valence-electron chi connectivity index (χ2n) is 8.77. The van der Waals surface area contributed by atoms with Crippen molar-refractivity contribution >= 4 is 40.4 Å². The lowest BCUT2D eigenvalue weighted by molar-refractivity contribution is -0.127. The molecule has 1 N–H and O–H groups in total. The Labute approximate surface area is 206 Å². The van der Waals surface area contributed by atoms with Crippen molar-refractivity contribution in [3.8, 4) is 11.5 Å². The van der Waals surface area contributed by atoms with E-state index in [-0.39, 0.29) is 30.3 Å². The predicted molar refractivity (Wildman–Crippen MR) is 131 cm³/mol. The monoisotopic (exact) mass is 497 g/mol. The van der Waals surface area contributed by atoms with E-state index in [1.807, 2.05) is 46.2 Å². The number of nitrogens with zero attached hydrogens (tertiary/aromatic N) is 3. The van der Waals surface area contributed by atoms with Crippen molar-refractivity contribution in [2.24, 2.45) is 0 Å². The quantitative estimate of drug-likeness (QED) is 0.572. The van der Waals surface area contributed by atoms with Crippen molar-refractivity contribution < 1.29 is 19.4 Å². The third-order valence-electron chi connectivity index (χ3n) is 6.54. The number of benzene rings is 2. The summed E-state index contributed by atoms with van der Waals surface area (Å²) in [6.07, 6.45) is 2.51. The summed E-state index contributed by atoms with van der Waals surface area (Å²) in [6.45, 7) is 3.24. The molecule has 1 fully saturated rings. The third-order valence-corrected chi connectivity index (χ3v) is 7.65. The van der Waals surface area contributed by atoms with E-state index < -0.39 is 0 Å². The number of aliphatic hydroxyl groups excluding tert-OH is 1. The van der Waals surface area contributed by atoms with Gasteiger partial charge in [0.15, 0.2) is 0 Å². The molecule has 2 amide bonds. The fourth-order valence-corrected chi connectivity index (χ4v) is 5.81. The zero-order valence-corrected chi connectivity index (χ0v) is 20.2. The Kier molecular flexibility index (Phi) is 6.06. The van der Waals surface area contributed by atoms with E-state index >= 15 is 0 Å². The topological polar surface area (TPSA) is 83.0 Å². The van der Waals surface area contributed by atoms with E-state index in [9.17, 15) is 14.7 Å². The fourth-order valence-electron chi connectivity index (χ4n) is 4.86. The SMILES string of the molecule is CC(=O)N1CCC2(C1)CN(C(=O)Cc1ncc(Cl)s1)c1ccc(Oc3cccc(CO)c3)cc12. The van der Waals surface area contributed by atoms with Gasteiger partial charge in [-0.2, -0.15) is 0 Å². The molecule has 0 aliphatic carbocycles. The van der Waals surface area contributed by atoms with Gasteiger partial charge in [0.2, 0.25) is 11.8 Å². The number of fused-ring (bicyclic) bond motifs is 2. The first-order valence-corrected chi connectivity index (χ1v) is 12.2. The molecule has 176 valence electrons. The lowest BCUT2D eigenvalue weighted by Gasteiger charge is -2.25. The molecule has 1 unspecified atom stereocenters. The number of halogens is 1. The summed E-state index contributed by atoms with van der Waals surface area (Å²) >= 11 is 7.30. The number of anilines is 1. The van der Waals surface area contributed by atoms with Crippen LogP contribution in [0.5, 0.6) is 11.5 Å². The molecule has 1 aromatic heterocycles. The van der Waals surface area contributed by atoms with E-state index in [0.29, 0.717) is 40.5 Å². The highest BCUT2D eigenvalue weighted by Gasteiger charge is 2.49. The van der Waals surface area contributed by atoms with Crippen LogP contribution in [0.4, 0.5) is 5.69 Å². The number of carbonyl (C=O) groups excluding carboxylic acids is 2. The van der Waals surface area contributed by atoms with Crippen LogP contribution in [-0.2, 0) is 28.0 Å². The van der Waals surface area contributed by atoms with Crippen molar-refractivity contribution in [2.45, 2.75) is 31.8 Å². The fraction of sp³-hybridized carbons (Fsp3) is 0.320. The van der Waals surface area contributed by atoms with Crippen LogP contribution in [0.25, 0.3) is 0 Å². The average Bonchev–Trinajstić information content (AvgIpc) is 3.52. The van der Waals surface area contributed by atoms with Crippen LogP contribution in [0.15, 0.2) is 48.7 Å². The number of aromatic nitrogens is 1. The number of hydrogen-bond acceptors (Lipinski definition) is 6.